The number of fused-ring (bicyclic) bond motifs is 5. The van der Waals surface area contributed by atoms with Crippen LogP contribution in [-0.4, -0.2) is 0 Å². The summed E-state index contributed by atoms with van der Waals surface area (Å²) in [6.07, 6.45) is 31.5. The van der Waals surface area contributed by atoms with Crippen LogP contribution in [0.25, 0.3) is 22.9 Å². The number of allylic oxidation sites excluding steroid dienone is 7. The summed E-state index contributed by atoms with van der Waals surface area (Å²) in [6, 6.07) is 51.3. The molecule has 0 saturated heterocycles. The van der Waals surface area contributed by atoms with Crippen LogP contribution in [0.4, 0.5) is 0 Å². The zero-order chi connectivity index (χ0) is 40.0. The first-order chi connectivity index (χ1) is 28.7. The van der Waals surface area contributed by atoms with Crippen LogP contribution < -0.4 is 0 Å². The van der Waals surface area contributed by atoms with Gasteiger partial charge in [0.1, 0.15) is 0 Å². The van der Waals surface area contributed by atoms with E-state index in [0.717, 1.165) is 25.7 Å². The van der Waals surface area contributed by atoms with Gasteiger partial charge in [0.15, 0.2) is 0 Å². The first-order valence-electron chi connectivity index (χ1n) is 21.7. The minimum absolute atomic E-state index is 1.07. The predicted octanol–water partition coefficient (Wildman–Crippen LogP) is 15.7. The van der Waals surface area contributed by atoms with E-state index in [0.29, 0.717) is 0 Å². The van der Waals surface area contributed by atoms with Crippen molar-refractivity contribution in [2.45, 2.75) is 90.4 Å². The number of benzene rings is 6. The van der Waals surface area contributed by atoms with Crippen LogP contribution in [0.5, 0.6) is 0 Å². The minimum atomic E-state index is 1.07. The van der Waals surface area contributed by atoms with Crippen molar-refractivity contribution in [3.8, 4) is 0 Å². The molecule has 5 aliphatic rings. The molecule has 0 nitrogen and oxygen atoms in total. The molecule has 0 unspecified atom stereocenters. The Morgan fingerprint density at radius 1 is 0.414 bits per heavy atom. The van der Waals surface area contributed by atoms with Gasteiger partial charge >= 0.3 is 0 Å². The van der Waals surface area contributed by atoms with Gasteiger partial charge in [-0.15, -0.1) is 6.58 Å². The molecule has 0 heterocycles. The third-order valence-corrected chi connectivity index (χ3v) is 11.5. The fourth-order valence-electron chi connectivity index (χ4n) is 8.13. The molecular formula is C58H62. The Morgan fingerprint density at radius 3 is 1.34 bits per heavy atom. The summed E-state index contributed by atoms with van der Waals surface area (Å²) < 4.78 is 0. The van der Waals surface area contributed by atoms with E-state index in [4.69, 9.17) is 0 Å². The molecule has 0 aliphatic heterocycles. The Balaban J connectivity index is 0.000000117. The second-order valence-corrected chi connectivity index (χ2v) is 15.6. The summed E-state index contributed by atoms with van der Waals surface area (Å²) in [4.78, 5) is 0. The van der Waals surface area contributed by atoms with Crippen molar-refractivity contribution in [1.82, 2.24) is 0 Å². The van der Waals surface area contributed by atoms with Crippen molar-refractivity contribution < 1.29 is 0 Å². The molecule has 0 fully saturated rings. The fourth-order valence-corrected chi connectivity index (χ4v) is 8.13. The van der Waals surface area contributed by atoms with E-state index in [1.54, 1.807) is 27.8 Å². The Kier molecular flexibility index (Phi) is 17.0. The van der Waals surface area contributed by atoms with Crippen molar-refractivity contribution >= 4 is 22.9 Å². The number of hydrogen-bond acceptors (Lipinski definition) is 0. The Labute approximate surface area is 350 Å². The molecular weight excluding hydrogens is 697 g/mol. The van der Waals surface area contributed by atoms with Gasteiger partial charge < -0.3 is 0 Å². The van der Waals surface area contributed by atoms with Crippen molar-refractivity contribution in [1.29, 1.82) is 0 Å². The van der Waals surface area contributed by atoms with Gasteiger partial charge in [-0.2, -0.15) is 0 Å². The molecule has 0 heteroatoms. The Bertz CT molecular complexity index is 2180. The van der Waals surface area contributed by atoms with Crippen molar-refractivity contribution in [2.24, 2.45) is 0 Å². The molecule has 0 atom stereocenters. The van der Waals surface area contributed by atoms with Crippen LogP contribution in [0.2, 0.25) is 0 Å². The molecule has 6 aromatic rings. The van der Waals surface area contributed by atoms with Crippen molar-refractivity contribution in [2.75, 3.05) is 0 Å². The molecule has 0 radical (unpaired) electrons. The van der Waals surface area contributed by atoms with Gasteiger partial charge in [0, 0.05) is 0 Å². The van der Waals surface area contributed by atoms with Gasteiger partial charge in [0.2, 0.25) is 0 Å². The average molecular weight is 759 g/mol. The third kappa shape index (κ3) is 13.2. The lowest BCUT2D eigenvalue weighted by Gasteiger charge is -2.13. The number of aryl methyl sites for hydroxylation is 5. The van der Waals surface area contributed by atoms with Gasteiger partial charge in [-0.25, -0.2) is 0 Å². The van der Waals surface area contributed by atoms with Crippen LogP contribution in [0.3, 0.4) is 0 Å². The maximum atomic E-state index is 3.73. The molecule has 0 spiro atoms. The largest absolute Gasteiger partial charge is 0.103 e. The van der Waals surface area contributed by atoms with Crippen molar-refractivity contribution in [3.05, 3.63) is 238 Å². The van der Waals surface area contributed by atoms with Crippen LogP contribution in [0.1, 0.15) is 96.4 Å². The standard InChI is InChI=1S/C10H12.C10H10.C10H8.C10H14.C9H10.C9H8/c3*1-2-6-10-8-4-3-7-9(10)5-1;1-3-6-10-8-5-4-7-9(10)2;2*1-2-5-9-7-3-6-8(9)4-1/h1-2,5-6H,3-4,7-8H2;1-3,5-7H,4,8H2;1-8H;3-5H,1,6-8H2,2H3;1-2,4-5H,3,6-7H2;1-6H,7H2. The molecule has 0 bridgehead atoms. The maximum Gasteiger partial charge on any atom is -0.00882 e. The van der Waals surface area contributed by atoms with Crippen molar-refractivity contribution in [3.63, 3.8) is 0 Å². The summed E-state index contributed by atoms with van der Waals surface area (Å²) in [7, 11) is 0. The van der Waals surface area contributed by atoms with E-state index in [9.17, 15) is 0 Å². The van der Waals surface area contributed by atoms with Gasteiger partial charge in [0.05, 0.1) is 0 Å². The average Bonchev–Trinajstić information content (AvgIpc) is 3.99. The van der Waals surface area contributed by atoms with Gasteiger partial charge in [-0.1, -0.05) is 199 Å². The van der Waals surface area contributed by atoms with E-state index in [2.05, 4.69) is 196 Å². The topological polar surface area (TPSA) is 0 Å². The zero-order valence-electron chi connectivity index (χ0n) is 34.8. The summed E-state index contributed by atoms with van der Waals surface area (Å²) in [5.74, 6) is 0. The molecule has 11 rings (SSSR count). The van der Waals surface area contributed by atoms with Gasteiger partial charge in [-0.05, 0) is 146 Å². The predicted molar refractivity (Wildman–Crippen MR) is 254 cm³/mol. The normalized spacial score (nSPS) is 14.7. The molecule has 0 saturated carbocycles. The zero-order valence-corrected chi connectivity index (χ0v) is 34.8. The molecule has 0 N–H and O–H groups in total. The summed E-state index contributed by atoms with van der Waals surface area (Å²) in [6.45, 7) is 5.94. The third-order valence-electron chi connectivity index (χ3n) is 11.5. The number of hydrogen-bond donors (Lipinski definition) is 0. The Hall–Kier alpha value is -5.72. The monoisotopic (exact) mass is 758 g/mol. The van der Waals surface area contributed by atoms with E-state index < -0.39 is 0 Å². The van der Waals surface area contributed by atoms with E-state index >= 15 is 0 Å². The van der Waals surface area contributed by atoms with E-state index in [1.165, 1.54) is 96.4 Å². The summed E-state index contributed by atoms with van der Waals surface area (Å²) in [5.41, 5.74) is 15.1. The smallest absolute Gasteiger partial charge is 0.00882 e. The fraction of sp³-hybridized carbons (Fsp3) is 0.241. The van der Waals surface area contributed by atoms with Crippen LogP contribution >= 0.6 is 0 Å². The van der Waals surface area contributed by atoms with Crippen LogP contribution in [0, 0.1) is 0 Å². The summed E-state index contributed by atoms with van der Waals surface area (Å²) in [5, 5.41) is 2.62. The highest BCUT2D eigenvalue weighted by molar-refractivity contribution is 5.82. The first kappa shape index (κ1) is 41.9. The summed E-state index contributed by atoms with van der Waals surface area (Å²) >= 11 is 0. The minimum Gasteiger partial charge on any atom is -0.103 e. The quantitative estimate of drug-likeness (QED) is 0.154. The Morgan fingerprint density at radius 2 is 0.845 bits per heavy atom. The lowest BCUT2D eigenvalue weighted by molar-refractivity contribution is 0.685. The highest BCUT2D eigenvalue weighted by Gasteiger charge is 2.08. The van der Waals surface area contributed by atoms with Crippen LogP contribution in [-0.2, 0) is 38.5 Å². The first-order valence-corrected chi connectivity index (χ1v) is 21.7. The van der Waals surface area contributed by atoms with Gasteiger partial charge in [0.25, 0.3) is 0 Å². The SMILES string of the molecule is C1=Cc2ccccc2C1.C1=Cc2ccccc2CC1.C=CCC1=C(C)CC=CC1.c1ccc2c(c1)CCC2.c1ccc2c(c1)CCCC2.c1ccc2ccccc2c1. The molecule has 294 valence electrons. The molecule has 5 aliphatic carbocycles. The van der Waals surface area contributed by atoms with E-state index in [1.807, 2.05) is 6.08 Å². The molecule has 0 amide bonds. The van der Waals surface area contributed by atoms with Crippen LogP contribution in [0.15, 0.2) is 194 Å². The highest BCUT2D eigenvalue weighted by Crippen LogP contribution is 2.23. The second kappa shape index (κ2) is 23.5. The highest BCUT2D eigenvalue weighted by atomic mass is 14.1. The van der Waals surface area contributed by atoms with Gasteiger partial charge in [-0.3, -0.25) is 0 Å². The number of rotatable bonds is 2. The van der Waals surface area contributed by atoms with E-state index in [-0.39, 0.29) is 0 Å². The second-order valence-electron chi connectivity index (χ2n) is 15.6. The maximum absolute atomic E-state index is 3.73. The molecule has 58 heavy (non-hydrogen) atoms. The lowest BCUT2D eigenvalue weighted by atomic mass is 9.92. The lowest BCUT2D eigenvalue weighted by Crippen LogP contribution is -2.00. The molecule has 6 aromatic carbocycles. The molecule has 0 aromatic heterocycles.